The van der Waals surface area contributed by atoms with Crippen LogP contribution in [-0.2, 0) is 30.4 Å². The Labute approximate surface area is 248 Å². The lowest BCUT2D eigenvalue weighted by Crippen LogP contribution is -2.56. The van der Waals surface area contributed by atoms with Crippen LogP contribution in [0, 0.1) is 0 Å². The topological polar surface area (TPSA) is 164 Å². The summed E-state index contributed by atoms with van der Waals surface area (Å²) in [7, 11) is 0. The van der Waals surface area contributed by atoms with Gasteiger partial charge >= 0.3 is 0 Å². The fourth-order valence-corrected chi connectivity index (χ4v) is 5.76. The number of amides is 5. The smallest absolute Gasteiger partial charge is 0.246 e. The molecule has 5 amide bonds. The number of hydrogen-bond donors (Lipinski definition) is 5. The Hall–Kier alpha value is -4.71. The van der Waals surface area contributed by atoms with Crippen molar-refractivity contribution in [1.29, 1.82) is 0 Å². The van der Waals surface area contributed by atoms with Crippen LogP contribution in [0.5, 0.6) is 0 Å². The molecule has 0 bridgehead atoms. The van der Waals surface area contributed by atoms with E-state index in [2.05, 4.69) is 20.9 Å². The molecular formula is C31H36N6O6. The third-order valence-corrected chi connectivity index (χ3v) is 8.05. The van der Waals surface area contributed by atoms with E-state index in [4.69, 9.17) is 0 Å². The first kappa shape index (κ1) is 29.8. The van der Waals surface area contributed by atoms with E-state index in [1.54, 1.807) is 30.5 Å². The van der Waals surface area contributed by atoms with Gasteiger partial charge in [0.25, 0.3) is 0 Å². The highest BCUT2D eigenvalue weighted by Gasteiger charge is 2.42. The molecule has 43 heavy (non-hydrogen) atoms. The van der Waals surface area contributed by atoms with Gasteiger partial charge in [0.15, 0.2) is 0 Å². The van der Waals surface area contributed by atoms with Crippen LogP contribution in [0.15, 0.2) is 60.8 Å². The zero-order valence-corrected chi connectivity index (χ0v) is 24.1. The highest BCUT2D eigenvalue weighted by Crippen LogP contribution is 2.24. The van der Waals surface area contributed by atoms with E-state index in [1.807, 2.05) is 30.3 Å². The van der Waals surface area contributed by atoms with Crippen LogP contribution in [-0.4, -0.2) is 93.3 Å². The highest BCUT2D eigenvalue weighted by molar-refractivity contribution is 5.96. The normalized spacial score (nSPS) is 25.8. The summed E-state index contributed by atoms with van der Waals surface area (Å²) in [6.45, 7) is 2.39. The van der Waals surface area contributed by atoms with Crippen LogP contribution < -0.4 is 16.0 Å². The first-order valence-corrected chi connectivity index (χ1v) is 14.3. The van der Waals surface area contributed by atoms with Crippen LogP contribution in [0.3, 0.4) is 0 Å². The predicted molar refractivity (Wildman–Crippen MR) is 157 cm³/mol. The zero-order chi connectivity index (χ0) is 30.7. The fraction of sp³-hybridized carbons (Fsp3) is 0.387. The molecule has 5 N–H and O–H groups in total. The van der Waals surface area contributed by atoms with E-state index in [9.17, 15) is 29.1 Å². The largest absolute Gasteiger partial charge is 0.391 e. The van der Waals surface area contributed by atoms with E-state index in [0.717, 1.165) is 16.5 Å². The molecule has 2 saturated heterocycles. The zero-order valence-electron chi connectivity index (χ0n) is 24.1. The van der Waals surface area contributed by atoms with Crippen molar-refractivity contribution in [3.63, 3.8) is 0 Å². The number of carbonyl (C=O) groups is 5. The third kappa shape index (κ3) is 6.69. The van der Waals surface area contributed by atoms with Gasteiger partial charge in [-0.3, -0.25) is 24.0 Å². The van der Waals surface area contributed by atoms with Gasteiger partial charge in [-0.25, -0.2) is 0 Å². The number of hydrogen-bond acceptors (Lipinski definition) is 6. The number of nitrogens with one attached hydrogen (secondary N) is 4. The van der Waals surface area contributed by atoms with E-state index in [-0.39, 0.29) is 32.5 Å². The Morgan fingerprint density at radius 1 is 0.930 bits per heavy atom. The number of carbonyl (C=O) groups excluding carboxylic acids is 5. The maximum atomic E-state index is 14.0. The summed E-state index contributed by atoms with van der Waals surface area (Å²) in [5, 5.41) is 19.7. The summed E-state index contributed by atoms with van der Waals surface area (Å²) in [6.07, 6.45) is 0.916. The number of aliphatic hydroxyl groups is 1. The molecular weight excluding hydrogens is 552 g/mol. The molecule has 226 valence electrons. The Kier molecular flexibility index (Phi) is 8.76. The molecule has 2 aliphatic heterocycles. The maximum absolute atomic E-state index is 14.0. The highest BCUT2D eigenvalue weighted by atomic mass is 16.3. The number of para-hydroxylation sites is 1. The number of fused-ring (bicyclic) bond motifs is 2. The van der Waals surface area contributed by atoms with Crippen molar-refractivity contribution in [2.45, 2.75) is 57.0 Å². The molecule has 12 nitrogen and oxygen atoms in total. The van der Waals surface area contributed by atoms with Gasteiger partial charge in [0.2, 0.25) is 29.5 Å². The monoisotopic (exact) mass is 588 g/mol. The van der Waals surface area contributed by atoms with Gasteiger partial charge in [-0.05, 0) is 24.1 Å². The summed E-state index contributed by atoms with van der Waals surface area (Å²) in [5.74, 6) is -2.59. The van der Waals surface area contributed by atoms with E-state index < -0.39 is 59.8 Å². The molecule has 0 radical (unpaired) electrons. The number of H-pyrrole nitrogens is 1. The van der Waals surface area contributed by atoms with Crippen LogP contribution in [0.4, 0.5) is 0 Å². The second-order valence-corrected chi connectivity index (χ2v) is 11.2. The summed E-state index contributed by atoms with van der Waals surface area (Å²) < 4.78 is 0. The quantitative estimate of drug-likeness (QED) is 0.297. The van der Waals surface area contributed by atoms with Gasteiger partial charge in [-0.15, -0.1) is 0 Å². The van der Waals surface area contributed by atoms with Gasteiger partial charge < -0.3 is 35.8 Å². The van der Waals surface area contributed by atoms with Gasteiger partial charge in [0, 0.05) is 50.0 Å². The molecule has 3 aromatic rings. The van der Waals surface area contributed by atoms with Crippen molar-refractivity contribution in [1.82, 2.24) is 30.7 Å². The molecule has 2 aromatic carbocycles. The van der Waals surface area contributed by atoms with Gasteiger partial charge in [0.05, 0.1) is 18.7 Å². The Morgan fingerprint density at radius 2 is 1.65 bits per heavy atom. The van der Waals surface area contributed by atoms with E-state index in [0.29, 0.717) is 5.56 Å². The molecule has 0 saturated carbocycles. The average Bonchev–Trinajstić information content (AvgIpc) is 3.58. The summed E-state index contributed by atoms with van der Waals surface area (Å²) in [4.78, 5) is 72.6. The molecule has 1 aromatic heterocycles. The van der Waals surface area contributed by atoms with Crippen molar-refractivity contribution in [3.05, 3.63) is 71.9 Å². The first-order valence-electron chi connectivity index (χ1n) is 14.3. The minimum Gasteiger partial charge on any atom is -0.391 e. The van der Waals surface area contributed by atoms with Crippen LogP contribution in [0.1, 0.15) is 37.4 Å². The van der Waals surface area contributed by atoms with E-state index in [1.165, 1.54) is 23.6 Å². The minimum absolute atomic E-state index is 0.00951. The summed E-state index contributed by atoms with van der Waals surface area (Å²) in [5.41, 5.74) is 2.36. The van der Waals surface area contributed by atoms with Gasteiger partial charge in [-0.2, -0.15) is 0 Å². The number of aromatic nitrogens is 1. The molecule has 2 fully saturated rings. The first-order chi connectivity index (χ1) is 20.6. The number of benzene rings is 2. The van der Waals surface area contributed by atoms with Crippen molar-refractivity contribution in [2.75, 3.05) is 19.6 Å². The van der Waals surface area contributed by atoms with Crippen molar-refractivity contribution < 1.29 is 29.1 Å². The predicted octanol–water partition coefficient (Wildman–Crippen LogP) is 0.381. The van der Waals surface area contributed by atoms with Gasteiger partial charge in [-0.1, -0.05) is 48.5 Å². The molecule has 0 spiro atoms. The minimum atomic E-state index is -1.09. The molecule has 2 aliphatic rings. The van der Waals surface area contributed by atoms with Crippen LogP contribution >= 0.6 is 0 Å². The maximum Gasteiger partial charge on any atom is 0.246 e. The lowest BCUT2D eigenvalue weighted by atomic mass is 10.0. The molecule has 5 atom stereocenters. The number of aliphatic hydroxyl groups excluding tert-OH is 1. The molecule has 5 rings (SSSR count). The molecule has 3 heterocycles. The van der Waals surface area contributed by atoms with Crippen molar-refractivity contribution in [2.24, 2.45) is 0 Å². The number of aromatic amines is 1. The Bertz CT molecular complexity index is 1520. The third-order valence-electron chi connectivity index (χ3n) is 8.05. The standard InChI is InChI=1S/C31H36N6O6/c1-18-29(41)35-26(20-8-4-3-5-9-20)16-36(19(2)38)17-28(40)34-25(12-21-14-32-24-11-7-6-10-23(21)24)31(43)37-15-22(39)13-27(37)30(42)33-18/h3-11,14,18,22,25-27,32,39H,12-13,15-17H2,1-2H3,(H,33,42)(H,34,40)(H,35,41)/t18-,22+,25+,26-,27-/m0/s1. The SMILES string of the molecule is CC(=O)N1CC(=O)N[C@H](Cc2c[nH]c3ccccc23)C(=O)N2C[C@H](O)C[C@H]2C(=O)N[C@@H](C)C(=O)N[C@H](c2ccccc2)C1. The number of rotatable bonds is 3. The lowest BCUT2D eigenvalue weighted by Gasteiger charge is -2.29. The molecule has 0 aliphatic carbocycles. The van der Waals surface area contributed by atoms with Crippen LogP contribution in [0.25, 0.3) is 10.9 Å². The number of nitrogens with zero attached hydrogens (tertiary/aromatic N) is 2. The average molecular weight is 589 g/mol. The second-order valence-electron chi connectivity index (χ2n) is 11.2. The molecule has 0 unspecified atom stereocenters. The van der Waals surface area contributed by atoms with Crippen molar-refractivity contribution in [3.8, 4) is 0 Å². The fourth-order valence-electron chi connectivity index (χ4n) is 5.76. The summed E-state index contributed by atoms with van der Waals surface area (Å²) in [6, 6.07) is 12.8. The lowest BCUT2D eigenvalue weighted by molar-refractivity contribution is -0.142. The van der Waals surface area contributed by atoms with Crippen molar-refractivity contribution >= 4 is 40.4 Å². The Balaban J connectivity index is 1.51. The van der Waals surface area contributed by atoms with Crippen LogP contribution in [0.2, 0.25) is 0 Å². The molecule has 12 heteroatoms. The Morgan fingerprint density at radius 3 is 2.40 bits per heavy atom. The van der Waals surface area contributed by atoms with Gasteiger partial charge in [0.1, 0.15) is 18.1 Å². The second kappa shape index (κ2) is 12.7. The summed E-state index contributed by atoms with van der Waals surface area (Å²) >= 11 is 0. The van der Waals surface area contributed by atoms with E-state index >= 15 is 0 Å².